The highest BCUT2D eigenvalue weighted by Gasteiger charge is 2.56. The van der Waals surface area contributed by atoms with Crippen LogP contribution >= 0.6 is 30.9 Å². The molecule has 0 bridgehead atoms. The molecule has 1 aliphatic heterocycles. The molecule has 15 heteroatoms. The zero-order chi connectivity index (χ0) is 26.7. The van der Waals surface area contributed by atoms with Gasteiger partial charge in [-0.1, -0.05) is 41.4 Å². The Labute approximate surface area is 216 Å². The third-order valence-corrected chi connectivity index (χ3v) is 7.38. The van der Waals surface area contributed by atoms with E-state index in [9.17, 15) is 24.1 Å². The van der Waals surface area contributed by atoms with E-state index in [0.717, 1.165) is 16.8 Å². The van der Waals surface area contributed by atoms with Crippen molar-refractivity contribution in [2.75, 3.05) is 6.61 Å². The number of aliphatic hydroxyl groups is 1. The number of aromatic amines is 1. The molecule has 198 valence electrons. The second-order valence-electron chi connectivity index (χ2n) is 8.20. The van der Waals surface area contributed by atoms with Gasteiger partial charge in [-0.15, -0.1) is 0 Å². The average molecular weight is 566 g/mol. The molecule has 0 amide bonds. The van der Waals surface area contributed by atoms with E-state index in [2.05, 4.69) is 5.09 Å². The minimum atomic E-state index is -4.27. The fraction of sp³-hybridized carbons (Fsp3) is 0.476. The third kappa shape index (κ3) is 6.77. The quantitative estimate of drug-likeness (QED) is 0.221. The zero-order valence-electron chi connectivity index (χ0n) is 19.5. The van der Waals surface area contributed by atoms with Crippen LogP contribution in [0.4, 0.5) is 0 Å². The number of benzene rings is 1. The van der Waals surface area contributed by atoms with Gasteiger partial charge in [0.1, 0.15) is 24.0 Å². The number of carbonyl (C=O) groups excluding carboxylic acids is 1. The van der Waals surface area contributed by atoms with E-state index in [1.165, 1.54) is 19.1 Å². The molecular formula is C21H26Cl2N3O9P. The number of rotatable bonds is 10. The fourth-order valence-electron chi connectivity index (χ4n) is 3.22. The van der Waals surface area contributed by atoms with Crippen LogP contribution in [0.1, 0.15) is 27.0 Å². The van der Waals surface area contributed by atoms with E-state index < -0.39 is 66.5 Å². The number of halogens is 2. The molecule has 2 aromatic rings. The Bertz CT molecular complexity index is 1220. The number of H-pyrrole nitrogens is 1. The predicted octanol–water partition coefficient (Wildman–Crippen LogP) is 2.10. The Balaban J connectivity index is 1.80. The number of nitrogens with one attached hydrogen (secondary N) is 2. The lowest BCUT2D eigenvalue weighted by atomic mass is 10.2. The van der Waals surface area contributed by atoms with Crippen LogP contribution in [0.3, 0.4) is 0 Å². The molecule has 0 radical (unpaired) electrons. The minimum Gasteiger partial charge on any atom is -0.462 e. The molecule has 0 unspecified atom stereocenters. The molecule has 5 atom stereocenters. The molecule has 36 heavy (non-hydrogen) atoms. The van der Waals surface area contributed by atoms with Gasteiger partial charge in [-0.2, -0.15) is 5.09 Å². The van der Waals surface area contributed by atoms with Crippen LogP contribution in [0.2, 0.25) is 0 Å². The Kier molecular flexibility index (Phi) is 9.05. The summed E-state index contributed by atoms with van der Waals surface area (Å²) in [7, 11) is -4.27. The van der Waals surface area contributed by atoms with Crippen molar-refractivity contribution in [2.45, 2.75) is 55.7 Å². The van der Waals surface area contributed by atoms with Crippen LogP contribution in [0.5, 0.6) is 5.75 Å². The number of aromatic nitrogens is 2. The predicted molar refractivity (Wildman–Crippen MR) is 130 cm³/mol. The largest absolute Gasteiger partial charge is 0.462 e. The summed E-state index contributed by atoms with van der Waals surface area (Å²) in [5.41, 5.74) is -1.52. The summed E-state index contributed by atoms with van der Waals surface area (Å²) in [6.45, 7) is 4.17. The van der Waals surface area contributed by atoms with E-state index in [4.69, 9.17) is 41.7 Å². The first kappa shape index (κ1) is 28.4. The Morgan fingerprint density at radius 2 is 1.92 bits per heavy atom. The van der Waals surface area contributed by atoms with E-state index in [0.29, 0.717) is 0 Å². The first-order valence-electron chi connectivity index (χ1n) is 10.8. The molecule has 3 N–H and O–H groups in total. The monoisotopic (exact) mass is 565 g/mol. The second-order valence-corrected chi connectivity index (χ2v) is 11.3. The summed E-state index contributed by atoms with van der Waals surface area (Å²) in [6, 6.07) is 8.01. The van der Waals surface area contributed by atoms with Crippen LogP contribution in [-0.4, -0.2) is 55.9 Å². The normalized spacial score (nSPS) is 23.7. The van der Waals surface area contributed by atoms with Gasteiger partial charge < -0.3 is 19.1 Å². The van der Waals surface area contributed by atoms with Gasteiger partial charge in [-0.25, -0.2) is 9.36 Å². The van der Waals surface area contributed by atoms with Gasteiger partial charge in [-0.05, 0) is 32.9 Å². The average Bonchev–Trinajstić information content (AvgIpc) is 3.01. The number of para-hydroxylation sites is 1. The van der Waals surface area contributed by atoms with Crippen molar-refractivity contribution in [3.63, 3.8) is 0 Å². The Morgan fingerprint density at radius 1 is 1.25 bits per heavy atom. The minimum absolute atomic E-state index is 0.173. The van der Waals surface area contributed by atoms with Crippen molar-refractivity contribution in [1.82, 2.24) is 14.6 Å². The topological polar surface area (TPSA) is 158 Å². The highest BCUT2D eigenvalue weighted by Crippen LogP contribution is 2.49. The molecule has 3 rings (SSSR count). The van der Waals surface area contributed by atoms with Crippen LogP contribution in [0, 0.1) is 0 Å². The van der Waals surface area contributed by atoms with E-state index in [1.807, 2.05) is 4.98 Å². The summed E-state index contributed by atoms with van der Waals surface area (Å²) >= 11 is 12.6. The van der Waals surface area contributed by atoms with Crippen molar-refractivity contribution in [3.05, 3.63) is 63.4 Å². The maximum atomic E-state index is 13.6. The van der Waals surface area contributed by atoms with Crippen LogP contribution in [0.15, 0.2) is 52.2 Å². The van der Waals surface area contributed by atoms with Gasteiger partial charge >= 0.3 is 19.4 Å². The summed E-state index contributed by atoms with van der Waals surface area (Å²) in [5, 5.41) is 13.2. The van der Waals surface area contributed by atoms with Gasteiger partial charge in [0.25, 0.3) is 5.56 Å². The van der Waals surface area contributed by atoms with Crippen molar-refractivity contribution in [1.29, 1.82) is 0 Å². The number of hydrogen-bond acceptors (Lipinski definition) is 9. The lowest BCUT2D eigenvalue weighted by Crippen LogP contribution is -2.41. The molecule has 0 aliphatic carbocycles. The first-order valence-corrected chi connectivity index (χ1v) is 13.1. The fourth-order valence-corrected chi connectivity index (χ4v) is 5.32. The van der Waals surface area contributed by atoms with E-state index >= 15 is 0 Å². The van der Waals surface area contributed by atoms with Gasteiger partial charge in [0.15, 0.2) is 10.6 Å². The molecule has 2 heterocycles. The van der Waals surface area contributed by atoms with Gasteiger partial charge in [-0.3, -0.25) is 23.7 Å². The standard InChI is InChI=1S/C21H26Cl2N3O9P/c1-12(2)33-18(29)13(3)25-36(31,35-14-7-5-4-6-8-14)32-11-15-17(28)21(22,23)19(34-15)26-10-9-16(27)24-20(26)30/h4-10,12-13,15,17,19,28H,11H2,1-3H3,(H,25,31)(H,24,27,30)/t13-,15-,17-,19-,36-/m1/s1. The maximum absolute atomic E-state index is 13.6. The molecule has 0 spiro atoms. The van der Waals surface area contributed by atoms with Crippen LogP contribution in [0.25, 0.3) is 0 Å². The van der Waals surface area contributed by atoms with E-state index in [-0.39, 0.29) is 5.75 Å². The van der Waals surface area contributed by atoms with Crippen molar-refractivity contribution in [2.24, 2.45) is 0 Å². The van der Waals surface area contributed by atoms with Crippen LogP contribution in [-0.2, 0) is 23.4 Å². The molecule has 1 aliphatic rings. The number of esters is 1. The summed E-state index contributed by atoms with van der Waals surface area (Å²) in [5.74, 6) is -0.520. The molecular weight excluding hydrogens is 540 g/mol. The second kappa shape index (κ2) is 11.5. The zero-order valence-corrected chi connectivity index (χ0v) is 21.9. The van der Waals surface area contributed by atoms with Crippen LogP contribution < -0.4 is 20.9 Å². The van der Waals surface area contributed by atoms with E-state index in [1.54, 1.807) is 32.0 Å². The van der Waals surface area contributed by atoms with Gasteiger partial charge in [0.2, 0.25) is 0 Å². The highest BCUT2D eigenvalue weighted by molar-refractivity contribution is 7.52. The molecule has 1 saturated heterocycles. The number of aliphatic hydroxyl groups excluding tert-OH is 1. The van der Waals surface area contributed by atoms with Gasteiger partial charge in [0, 0.05) is 12.3 Å². The Hall–Kier alpha value is -2.18. The summed E-state index contributed by atoms with van der Waals surface area (Å²) < 4.78 is 34.3. The molecule has 12 nitrogen and oxygen atoms in total. The third-order valence-electron chi connectivity index (χ3n) is 4.92. The van der Waals surface area contributed by atoms with Gasteiger partial charge in [0.05, 0.1) is 12.7 Å². The van der Waals surface area contributed by atoms with Crippen molar-refractivity contribution < 1.29 is 33.0 Å². The first-order chi connectivity index (χ1) is 16.8. The van der Waals surface area contributed by atoms with Crippen molar-refractivity contribution >= 4 is 36.9 Å². The molecule has 1 aromatic carbocycles. The summed E-state index contributed by atoms with van der Waals surface area (Å²) in [6.07, 6.45) is -3.62. The van der Waals surface area contributed by atoms with Crippen molar-refractivity contribution in [3.8, 4) is 5.75 Å². The SMILES string of the molecule is CC(C)OC(=O)[C@@H](C)N[P@@](=O)(OC[C@H]1O[C@@H](n2ccc(=O)[nH]c2=O)C(Cl)(Cl)[C@@H]1O)Oc1ccccc1. The molecule has 0 saturated carbocycles. The highest BCUT2D eigenvalue weighted by atomic mass is 35.5. The smallest absolute Gasteiger partial charge is 0.459 e. The number of hydrogen-bond donors (Lipinski definition) is 3. The maximum Gasteiger partial charge on any atom is 0.459 e. The summed E-state index contributed by atoms with van der Waals surface area (Å²) in [4.78, 5) is 37.9. The number of nitrogens with zero attached hydrogens (tertiary/aromatic N) is 1. The number of alkyl halides is 2. The number of carbonyl (C=O) groups is 1. The molecule has 1 aromatic heterocycles. The number of ether oxygens (including phenoxy) is 2. The molecule has 1 fully saturated rings. The lowest BCUT2D eigenvalue weighted by molar-refractivity contribution is -0.149. The lowest BCUT2D eigenvalue weighted by Gasteiger charge is -2.25. The Morgan fingerprint density at radius 3 is 2.53 bits per heavy atom.